The largest absolute Gasteiger partial charge is 0.399 e. The van der Waals surface area contributed by atoms with Crippen LogP contribution in [-0.2, 0) is 0 Å². The van der Waals surface area contributed by atoms with Gasteiger partial charge in [0.15, 0.2) is 0 Å². The van der Waals surface area contributed by atoms with E-state index in [4.69, 9.17) is 5.73 Å². The number of hydrogen-bond acceptors (Lipinski definition) is 3. The molecule has 0 heterocycles. The predicted molar refractivity (Wildman–Crippen MR) is 75.2 cm³/mol. The van der Waals surface area contributed by atoms with Crippen LogP contribution in [0.4, 0.5) is 5.69 Å². The molecule has 1 atom stereocenters. The molecule has 0 amide bonds. The summed E-state index contributed by atoms with van der Waals surface area (Å²) in [6.45, 7) is 6.21. The molecule has 3 N–H and O–H groups in total. The number of anilines is 1. The van der Waals surface area contributed by atoms with E-state index in [1.165, 1.54) is 12.8 Å². The minimum atomic E-state index is -0.424. The van der Waals surface area contributed by atoms with Gasteiger partial charge in [-0.05, 0) is 50.3 Å². The zero-order chi connectivity index (χ0) is 13.1. The van der Waals surface area contributed by atoms with Crippen LogP contribution in [0.25, 0.3) is 0 Å². The summed E-state index contributed by atoms with van der Waals surface area (Å²) in [5.41, 5.74) is 7.35. The molecule has 0 saturated heterocycles. The van der Waals surface area contributed by atoms with Gasteiger partial charge in [0, 0.05) is 24.8 Å². The molecule has 1 unspecified atom stereocenters. The van der Waals surface area contributed by atoms with E-state index in [0.29, 0.717) is 12.6 Å². The fraction of sp³-hybridized carbons (Fsp3) is 0.600. The molecule has 0 spiro atoms. The molecule has 1 aromatic carbocycles. The fourth-order valence-corrected chi connectivity index (χ4v) is 2.17. The first kappa shape index (κ1) is 13.4. The second-order valence-electron chi connectivity index (χ2n) is 5.67. The maximum absolute atomic E-state index is 10.3. The van der Waals surface area contributed by atoms with Crippen LogP contribution in [0.5, 0.6) is 0 Å². The van der Waals surface area contributed by atoms with Gasteiger partial charge in [0.25, 0.3) is 0 Å². The Morgan fingerprint density at radius 2 is 1.89 bits per heavy atom. The van der Waals surface area contributed by atoms with Crippen molar-refractivity contribution in [2.45, 2.75) is 38.8 Å². The molecule has 1 aliphatic rings. The summed E-state index contributed by atoms with van der Waals surface area (Å²) in [5.74, 6) is 0.853. The first-order chi connectivity index (χ1) is 8.56. The van der Waals surface area contributed by atoms with E-state index in [-0.39, 0.29) is 0 Å². The minimum Gasteiger partial charge on any atom is -0.399 e. The normalized spacial score (nSPS) is 17.4. The second kappa shape index (κ2) is 5.72. The maximum atomic E-state index is 10.3. The molecule has 2 rings (SSSR count). The molecule has 1 aromatic rings. The maximum Gasteiger partial charge on any atom is 0.0917 e. The summed E-state index contributed by atoms with van der Waals surface area (Å²) < 4.78 is 0. The van der Waals surface area contributed by atoms with Crippen LogP contribution >= 0.6 is 0 Å². The van der Waals surface area contributed by atoms with Gasteiger partial charge in [-0.3, -0.25) is 4.90 Å². The number of nitrogens with zero attached hydrogens (tertiary/aromatic N) is 1. The van der Waals surface area contributed by atoms with Gasteiger partial charge in [0.05, 0.1) is 6.10 Å². The SMILES string of the molecule is CC(C)N(CC1CC1)CC(O)c1ccc(N)cc1. The van der Waals surface area contributed by atoms with Gasteiger partial charge in [-0.2, -0.15) is 0 Å². The van der Waals surface area contributed by atoms with Crippen molar-refractivity contribution in [2.75, 3.05) is 18.8 Å². The van der Waals surface area contributed by atoms with Crippen molar-refractivity contribution in [3.05, 3.63) is 29.8 Å². The summed E-state index contributed by atoms with van der Waals surface area (Å²) in [6, 6.07) is 8.00. The third kappa shape index (κ3) is 3.72. The number of aliphatic hydroxyl groups excluding tert-OH is 1. The first-order valence-electron chi connectivity index (χ1n) is 6.84. The Labute approximate surface area is 110 Å². The summed E-state index contributed by atoms with van der Waals surface area (Å²) >= 11 is 0. The number of benzene rings is 1. The molecule has 0 aliphatic heterocycles. The highest BCUT2D eigenvalue weighted by Crippen LogP contribution is 2.31. The van der Waals surface area contributed by atoms with Crippen molar-refractivity contribution in [1.29, 1.82) is 0 Å². The number of nitrogens with two attached hydrogens (primary N) is 1. The Balaban J connectivity index is 1.94. The average Bonchev–Trinajstić information content (AvgIpc) is 3.12. The van der Waals surface area contributed by atoms with Crippen LogP contribution in [0.15, 0.2) is 24.3 Å². The van der Waals surface area contributed by atoms with E-state index < -0.39 is 6.10 Å². The van der Waals surface area contributed by atoms with Crippen molar-refractivity contribution in [3.63, 3.8) is 0 Å². The smallest absolute Gasteiger partial charge is 0.0917 e. The molecular formula is C15H24N2O. The lowest BCUT2D eigenvalue weighted by molar-refractivity contribution is 0.0924. The number of nitrogen functional groups attached to an aromatic ring is 1. The zero-order valence-electron chi connectivity index (χ0n) is 11.3. The topological polar surface area (TPSA) is 49.5 Å². The molecule has 0 radical (unpaired) electrons. The molecule has 3 nitrogen and oxygen atoms in total. The van der Waals surface area contributed by atoms with Crippen LogP contribution in [0, 0.1) is 5.92 Å². The van der Waals surface area contributed by atoms with E-state index in [1.54, 1.807) is 0 Å². The van der Waals surface area contributed by atoms with Crippen molar-refractivity contribution in [3.8, 4) is 0 Å². The molecule has 1 aliphatic carbocycles. The van der Waals surface area contributed by atoms with Gasteiger partial charge in [0.1, 0.15) is 0 Å². The van der Waals surface area contributed by atoms with Crippen LogP contribution < -0.4 is 5.73 Å². The van der Waals surface area contributed by atoms with E-state index in [1.807, 2.05) is 24.3 Å². The Kier molecular flexibility index (Phi) is 4.25. The molecule has 18 heavy (non-hydrogen) atoms. The minimum absolute atomic E-state index is 0.424. The molecular weight excluding hydrogens is 224 g/mol. The van der Waals surface area contributed by atoms with Gasteiger partial charge in [-0.25, -0.2) is 0 Å². The molecule has 0 bridgehead atoms. The lowest BCUT2D eigenvalue weighted by atomic mass is 10.1. The van der Waals surface area contributed by atoms with Gasteiger partial charge in [-0.1, -0.05) is 12.1 Å². The van der Waals surface area contributed by atoms with Crippen LogP contribution in [-0.4, -0.2) is 29.1 Å². The quantitative estimate of drug-likeness (QED) is 0.760. The highest BCUT2D eigenvalue weighted by Gasteiger charge is 2.26. The third-order valence-electron chi connectivity index (χ3n) is 3.65. The lowest BCUT2D eigenvalue weighted by Crippen LogP contribution is -2.36. The molecule has 1 fully saturated rings. The van der Waals surface area contributed by atoms with E-state index in [9.17, 15) is 5.11 Å². The van der Waals surface area contributed by atoms with Gasteiger partial charge in [0.2, 0.25) is 0 Å². The summed E-state index contributed by atoms with van der Waals surface area (Å²) in [6.07, 6.45) is 2.27. The molecule has 0 aromatic heterocycles. The molecule has 1 saturated carbocycles. The summed E-state index contributed by atoms with van der Waals surface area (Å²) in [7, 11) is 0. The Bertz CT molecular complexity index is 371. The second-order valence-corrected chi connectivity index (χ2v) is 5.67. The van der Waals surface area contributed by atoms with Crippen LogP contribution in [0.2, 0.25) is 0 Å². The fourth-order valence-electron chi connectivity index (χ4n) is 2.17. The number of hydrogen-bond donors (Lipinski definition) is 2. The summed E-state index contributed by atoms with van der Waals surface area (Å²) in [5, 5.41) is 10.3. The zero-order valence-corrected chi connectivity index (χ0v) is 11.3. The van der Waals surface area contributed by atoms with Crippen molar-refractivity contribution in [2.24, 2.45) is 5.92 Å². The van der Waals surface area contributed by atoms with Gasteiger partial charge < -0.3 is 10.8 Å². The Morgan fingerprint density at radius 3 is 2.39 bits per heavy atom. The van der Waals surface area contributed by atoms with Crippen LogP contribution in [0.3, 0.4) is 0 Å². The van der Waals surface area contributed by atoms with Crippen molar-refractivity contribution in [1.82, 2.24) is 4.90 Å². The van der Waals surface area contributed by atoms with E-state index >= 15 is 0 Å². The third-order valence-corrected chi connectivity index (χ3v) is 3.65. The van der Waals surface area contributed by atoms with E-state index in [0.717, 1.165) is 23.7 Å². The highest BCUT2D eigenvalue weighted by atomic mass is 16.3. The first-order valence-corrected chi connectivity index (χ1v) is 6.84. The highest BCUT2D eigenvalue weighted by molar-refractivity contribution is 5.39. The van der Waals surface area contributed by atoms with Crippen molar-refractivity contribution < 1.29 is 5.11 Å². The van der Waals surface area contributed by atoms with Gasteiger partial charge >= 0.3 is 0 Å². The standard InChI is InChI=1S/C15H24N2O/c1-11(2)17(9-12-3-4-12)10-15(18)13-5-7-14(16)8-6-13/h5-8,11-12,15,18H,3-4,9-10,16H2,1-2H3. The molecule has 3 heteroatoms. The monoisotopic (exact) mass is 248 g/mol. The number of rotatable bonds is 6. The van der Waals surface area contributed by atoms with Crippen molar-refractivity contribution >= 4 is 5.69 Å². The number of aliphatic hydroxyl groups is 1. The predicted octanol–water partition coefficient (Wildman–Crippen LogP) is 2.42. The average molecular weight is 248 g/mol. The lowest BCUT2D eigenvalue weighted by Gasteiger charge is -2.29. The van der Waals surface area contributed by atoms with Crippen LogP contribution in [0.1, 0.15) is 38.4 Å². The summed E-state index contributed by atoms with van der Waals surface area (Å²) in [4.78, 5) is 2.37. The Morgan fingerprint density at radius 1 is 1.28 bits per heavy atom. The Hall–Kier alpha value is -1.06. The van der Waals surface area contributed by atoms with E-state index in [2.05, 4.69) is 18.7 Å². The molecule has 100 valence electrons. The van der Waals surface area contributed by atoms with Gasteiger partial charge in [-0.15, -0.1) is 0 Å².